The monoisotopic (exact) mass is 601 g/mol. The van der Waals surface area contributed by atoms with Gasteiger partial charge in [-0.3, -0.25) is 14.3 Å². The highest BCUT2D eigenvalue weighted by Crippen LogP contribution is 2.30. The van der Waals surface area contributed by atoms with Crippen molar-refractivity contribution in [1.82, 2.24) is 15.5 Å². The Labute approximate surface area is 236 Å². The summed E-state index contributed by atoms with van der Waals surface area (Å²) in [7, 11) is -2.31. The number of halogens is 3. The molecule has 0 atom stereocenters. The lowest BCUT2D eigenvalue weighted by Gasteiger charge is -2.31. The van der Waals surface area contributed by atoms with E-state index in [4.69, 9.17) is 9.90 Å². The predicted molar refractivity (Wildman–Crippen MR) is 147 cm³/mol. The van der Waals surface area contributed by atoms with Gasteiger partial charge in [-0.15, -0.1) is 0 Å². The molecule has 0 aromatic heterocycles. The number of carbonyl (C=O) groups excluding carboxylic acids is 2. The molecule has 0 radical (unpaired) electrons. The first kappa shape index (κ1) is 33.4. The first-order valence-electron chi connectivity index (χ1n) is 12.7. The van der Waals surface area contributed by atoms with Gasteiger partial charge in [-0.05, 0) is 43.7 Å². The van der Waals surface area contributed by atoms with Crippen molar-refractivity contribution in [2.75, 3.05) is 55.9 Å². The number of rotatable bonds is 9. The van der Waals surface area contributed by atoms with Gasteiger partial charge >= 0.3 is 12.1 Å². The summed E-state index contributed by atoms with van der Waals surface area (Å²) in [6.45, 7) is 7.29. The first-order valence-corrected chi connectivity index (χ1v) is 14.2. The van der Waals surface area contributed by atoms with Crippen LogP contribution in [0.15, 0.2) is 47.4 Å². The Morgan fingerprint density at radius 2 is 1.66 bits per heavy atom. The third-order valence-electron chi connectivity index (χ3n) is 5.82. The minimum Gasteiger partial charge on any atom is -0.475 e. The van der Waals surface area contributed by atoms with E-state index in [9.17, 15) is 31.2 Å². The maximum Gasteiger partial charge on any atom is 0.490 e. The van der Waals surface area contributed by atoms with Crippen molar-refractivity contribution in [3.63, 3.8) is 0 Å². The Bertz CT molecular complexity index is 1310. The van der Waals surface area contributed by atoms with Crippen molar-refractivity contribution in [1.29, 1.82) is 0 Å². The number of nitrogens with one attached hydrogen (secondary N) is 3. The standard InChI is InChI=1S/C24H33N5O4S.C2HF3O2/c1-4-11-26-23(30)17-28(3)24(31)19-7-10-22(29-14-12-25-13-15-29)21(16-19)27-34(32,33)20-8-5-18(2)6-9-20;3-2(4,5)1(6)7/h5-10,16,25,27H,4,11-15,17H2,1-3H3,(H,26,30);(H,6,7). The van der Waals surface area contributed by atoms with Crippen LogP contribution in [0.3, 0.4) is 0 Å². The molecule has 0 aliphatic carbocycles. The van der Waals surface area contributed by atoms with Crippen LogP contribution in [0, 0.1) is 6.92 Å². The Morgan fingerprint density at radius 1 is 1.07 bits per heavy atom. The van der Waals surface area contributed by atoms with Crippen LogP contribution in [0.1, 0.15) is 29.3 Å². The van der Waals surface area contributed by atoms with Crippen molar-refractivity contribution in [3.05, 3.63) is 53.6 Å². The predicted octanol–water partition coefficient (Wildman–Crippen LogP) is 2.44. The molecule has 1 fully saturated rings. The van der Waals surface area contributed by atoms with Crippen LogP contribution >= 0.6 is 0 Å². The Balaban J connectivity index is 0.000000745. The summed E-state index contributed by atoms with van der Waals surface area (Å²) in [5, 5.41) is 13.2. The molecule has 11 nitrogen and oxygen atoms in total. The summed E-state index contributed by atoms with van der Waals surface area (Å²) in [4.78, 5) is 37.5. The Hall–Kier alpha value is -3.85. The third-order valence-corrected chi connectivity index (χ3v) is 7.20. The van der Waals surface area contributed by atoms with Crippen LogP contribution in [0.4, 0.5) is 24.5 Å². The van der Waals surface area contributed by atoms with Gasteiger partial charge in [0.15, 0.2) is 0 Å². The van der Waals surface area contributed by atoms with Crippen molar-refractivity contribution < 1.29 is 41.1 Å². The molecule has 2 amide bonds. The van der Waals surface area contributed by atoms with E-state index in [1.165, 1.54) is 4.90 Å². The van der Waals surface area contributed by atoms with E-state index in [2.05, 4.69) is 20.3 Å². The molecule has 41 heavy (non-hydrogen) atoms. The molecule has 1 saturated heterocycles. The van der Waals surface area contributed by atoms with Crippen LogP contribution in [0.5, 0.6) is 0 Å². The van der Waals surface area contributed by atoms with Gasteiger partial charge in [0.2, 0.25) is 5.91 Å². The smallest absolute Gasteiger partial charge is 0.475 e. The number of carboxylic acid groups (broad SMARTS) is 1. The van der Waals surface area contributed by atoms with Crippen LogP contribution in [-0.2, 0) is 19.6 Å². The molecular weight excluding hydrogens is 567 g/mol. The molecule has 1 aliphatic rings. The maximum atomic E-state index is 13.1. The lowest BCUT2D eigenvalue weighted by molar-refractivity contribution is -0.192. The van der Waals surface area contributed by atoms with Gasteiger partial charge in [-0.25, -0.2) is 13.2 Å². The summed E-state index contributed by atoms with van der Waals surface area (Å²) in [5.74, 6) is -3.36. The SMILES string of the molecule is CCCNC(=O)CN(C)C(=O)c1ccc(N2CCNCC2)c(NS(=O)(=O)c2ccc(C)cc2)c1.O=C(O)C(F)(F)F. The fourth-order valence-corrected chi connectivity index (χ4v) is 4.75. The quantitative estimate of drug-likeness (QED) is 0.343. The number of aryl methyl sites for hydroxylation is 1. The number of benzene rings is 2. The van der Waals surface area contributed by atoms with Gasteiger partial charge in [-0.2, -0.15) is 13.2 Å². The average Bonchev–Trinajstić information content (AvgIpc) is 2.91. The second kappa shape index (κ2) is 14.7. The van der Waals surface area contributed by atoms with E-state index >= 15 is 0 Å². The zero-order chi connectivity index (χ0) is 30.8. The van der Waals surface area contributed by atoms with Gasteiger partial charge < -0.3 is 25.5 Å². The largest absolute Gasteiger partial charge is 0.490 e. The summed E-state index contributed by atoms with van der Waals surface area (Å²) in [6.07, 6.45) is -4.28. The topological polar surface area (TPSA) is 148 Å². The second-order valence-corrected chi connectivity index (χ2v) is 10.9. The van der Waals surface area contributed by atoms with E-state index < -0.39 is 22.2 Å². The molecule has 2 aromatic carbocycles. The number of amides is 2. The normalized spacial score (nSPS) is 13.5. The summed E-state index contributed by atoms with van der Waals surface area (Å²) < 4.78 is 60.7. The Kier molecular flexibility index (Phi) is 11.9. The molecule has 1 aliphatic heterocycles. The number of anilines is 2. The molecule has 0 bridgehead atoms. The van der Waals surface area contributed by atoms with E-state index in [1.54, 1.807) is 49.5 Å². The van der Waals surface area contributed by atoms with Gasteiger partial charge in [0.05, 0.1) is 22.8 Å². The van der Waals surface area contributed by atoms with Crippen molar-refractivity contribution in [2.24, 2.45) is 0 Å². The number of aliphatic carboxylic acids is 1. The summed E-state index contributed by atoms with van der Waals surface area (Å²) in [5.41, 5.74) is 2.29. The van der Waals surface area contributed by atoms with E-state index in [-0.39, 0.29) is 23.3 Å². The molecule has 3 rings (SSSR count). The highest BCUT2D eigenvalue weighted by atomic mass is 32.2. The number of hydrogen-bond acceptors (Lipinski definition) is 7. The average molecular weight is 602 g/mol. The number of sulfonamides is 1. The molecular formula is C26H34F3N5O6S. The molecule has 0 saturated carbocycles. The van der Waals surface area contributed by atoms with Gasteiger partial charge in [-0.1, -0.05) is 24.6 Å². The highest BCUT2D eigenvalue weighted by Gasteiger charge is 2.38. The minimum atomic E-state index is -5.08. The summed E-state index contributed by atoms with van der Waals surface area (Å²) in [6, 6.07) is 11.6. The zero-order valence-electron chi connectivity index (χ0n) is 22.9. The van der Waals surface area contributed by atoms with E-state index in [1.807, 2.05) is 13.8 Å². The Morgan fingerprint density at radius 3 is 2.20 bits per heavy atom. The number of carboxylic acids is 1. The molecule has 4 N–H and O–H groups in total. The minimum absolute atomic E-state index is 0.0805. The molecule has 226 valence electrons. The molecule has 0 spiro atoms. The van der Waals surface area contributed by atoms with Crippen LogP contribution in [0.25, 0.3) is 0 Å². The third kappa shape index (κ3) is 10.2. The summed E-state index contributed by atoms with van der Waals surface area (Å²) >= 11 is 0. The highest BCUT2D eigenvalue weighted by molar-refractivity contribution is 7.92. The second-order valence-electron chi connectivity index (χ2n) is 9.20. The first-order chi connectivity index (χ1) is 19.2. The van der Waals surface area contributed by atoms with Crippen molar-refractivity contribution in [2.45, 2.75) is 31.3 Å². The fourth-order valence-electron chi connectivity index (χ4n) is 3.68. The fraction of sp³-hybridized carbons (Fsp3) is 0.423. The van der Waals surface area contributed by atoms with Gasteiger partial charge in [0.25, 0.3) is 15.9 Å². The van der Waals surface area contributed by atoms with E-state index in [0.717, 1.165) is 25.1 Å². The number of nitrogens with zero attached hydrogens (tertiary/aromatic N) is 2. The van der Waals surface area contributed by atoms with Crippen molar-refractivity contribution >= 4 is 39.2 Å². The lowest BCUT2D eigenvalue weighted by Crippen LogP contribution is -2.44. The van der Waals surface area contributed by atoms with Crippen LogP contribution in [-0.4, -0.2) is 88.7 Å². The molecule has 15 heteroatoms. The van der Waals surface area contributed by atoms with Crippen LogP contribution in [0.2, 0.25) is 0 Å². The molecule has 0 unspecified atom stereocenters. The number of likely N-dealkylation sites (N-methyl/N-ethyl adjacent to an activating group) is 1. The van der Waals surface area contributed by atoms with Gasteiger partial charge in [0, 0.05) is 45.3 Å². The number of alkyl halides is 3. The number of hydrogen-bond donors (Lipinski definition) is 4. The van der Waals surface area contributed by atoms with E-state index in [0.29, 0.717) is 36.6 Å². The number of carbonyl (C=O) groups is 3. The number of piperazine rings is 1. The maximum absolute atomic E-state index is 13.1. The van der Waals surface area contributed by atoms with Crippen molar-refractivity contribution in [3.8, 4) is 0 Å². The van der Waals surface area contributed by atoms with Gasteiger partial charge in [0.1, 0.15) is 0 Å². The lowest BCUT2D eigenvalue weighted by atomic mass is 10.1. The van der Waals surface area contributed by atoms with Crippen LogP contribution < -0.4 is 20.3 Å². The molecule has 2 aromatic rings. The zero-order valence-corrected chi connectivity index (χ0v) is 23.7. The molecule has 1 heterocycles.